The molecule has 24 heavy (non-hydrogen) atoms. The second-order valence-electron chi connectivity index (χ2n) is 8.20. The first-order chi connectivity index (χ1) is 11.6. The van der Waals surface area contributed by atoms with Crippen LogP contribution in [-0.4, -0.2) is 47.8 Å². The van der Waals surface area contributed by atoms with E-state index in [4.69, 9.17) is 4.84 Å². The maximum absolute atomic E-state index is 12.8. The Labute approximate surface area is 146 Å². The summed E-state index contributed by atoms with van der Waals surface area (Å²) >= 11 is 0. The van der Waals surface area contributed by atoms with Crippen LogP contribution in [0, 0.1) is 5.92 Å². The van der Waals surface area contributed by atoms with Crippen molar-refractivity contribution in [3.8, 4) is 0 Å². The monoisotopic (exact) mass is 335 g/mol. The SMILES string of the molecule is CC(C)C1=NOC(C(=O)NC2(CN3CCCCC3)CCCCC2)C1. The quantitative estimate of drug-likeness (QED) is 0.840. The molecule has 3 rings (SSSR count). The molecular formula is C19H33N3O2. The van der Waals surface area contributed by atoms with Crippen molar-refractivity contribution in [1.82, 2.24) is 10.2 Å². The Balaban J connectivity index is 1.60. The van der Waals surface area contributed by atoms with Gasteiger partial charge in [0, 0.05) is 13.0 Å². The van der Waals surface area contributed by atoms with Crippen molar-refractivity contribution < 1.29 is 9.63 Å². The Kier molecular flexibility index (Phi) is 5.80. The molecule has 2 heterocycles. The number of nitrogens with one attached hydrogen (secondary N) is 1. The zero-order valence-corrected chi connectivity index (χ0v) is 15.4. The van der Waals surface area contributed by atoms with Crippen molar-refractivity contribution in [3.63, 3.8) is 0 Å². The predicted octanol–water partition coefficient (Wildman–Crippen LogP) is 3.09. The van der Waals surface area contributed by atoms with Crippen LogP contribution in [0.25, 0.3) is 0 Å². The molecule has 1 amide bonds. The topological polar surface area (TPSA) is 53.9 Å². The van der Waals surface area contributed by atoms with Gasteiger partial charge in [-0.15, -0.1) is 0 Å². The van der Waals surface area contributed by atoms with Crippen LogP contribution in [0.2, 0.25) is 0 Å². The fourth-order valence-electron chi connectivity index (χ4n) is 4.32. The van der Waals surface area contributed by atoms with Crippen LogP contribution in [0.15, 0.2) is 5.16 Å². The van der Waals surface area contributed by atoms with Crippen molar-refractivity contribution in [1.29, 1.82) is 0 Å². The van der Waals surface area contributed by atoms with Gasteiger partial charge in [-0.2, -0.15) is 0 Å². The lowest BCUT2D eigenvalue weighted by Gasteiger charge is -2.43. The Morgan fingerprint density at radius 2 is 1.88 bits per heavy atom. The first-order valence-corrected chi connectivity index (χ1v) is 9.85. The standard InChI is InChI=1S/C19H33N3O2/c1-15(2)16-13-17(24-21-16)18(23)20-19(9-5-3-6-10-19)14-22-11-7-4-8-12-22/h15,17H,3-14H2,1-2H3,(H,20,23). The van der Waals surface area contributed by atoms with Crippen LogP contribution in [0.4, 0.5) is 0 Å². The minimum absolute atomic E-state index is 0.0355. The molecule has 2 aliphatic heterocycles. The number of hydrogen-bond donors (Lipinski definition) is 1. The highest BCUT2D eigenvalue weighted by atomic mass is 16.6. The highest BCUT2D eigenvalue weighted by Crippen LogP contribution is 2.30. The van der Waals surface area contributed by atoms with E-state index in [1.807, 2.05) is 0 Å². The van der Waals surface area contributed by atoms with Gasteiger partial charge in [0.15, 0.2) is 0 Å². The molecule has 1 saturated heterocycles. The van der Waals surface area contributed by atoms with E-state index >= 15 is 0 Å². The molecule has 0 aromatic heterocycles. The van der Waals surface area contributed by atoms with E-state index < -0.39 is 6.10 Å². The van der Waals surface area contributed by atoms with Gasteiger partial charge in [0.05, 0.1) is 11.3 Å². The average Bonchev–Trinajstić information content (AvgIpc) is 3.07. The van der Waals surface area contributed by atoms with E-state index in [-0.39, 0.29) is 11.4 Å². The Hall–Kier alpha value is -1.10. The first-order valence-electron chi connectivity index (χ1n) is 9.85. The normalized spacial score (nSPS) is 27.6. The van der Waals surface area contributed by atoms with E-state index in [1.54, 1.807) is 0 Å². The van der Waals surface area contributed by atoms with E-state index in [9.17, 15) is 4.79 Å². The van der Waals surface area contributed by atoms with Gasteiger partial charge in [-0.3, -0.25) is 4.79 Å². The molecule has 0 radical (unpaired) electrons. The summed E-state index contributed by atoms with van der Waals surface area (Å²) in [5, 5.41) is 7.52. The fraction of sp³-hybridized carbons (Fsp3) is 0.895. The molecule has 3 aliphatic rings. The zero-order chi connectivity index (χ0) is 17.0. The van der Waals surface area contributed by atoms with E-state index in [2.05, 4.69) is 29.2 Å². The van der Waals surface area contributed by atoms with Crippen molar-refractivity contribution in [2.75, 3.05) is 19.6 Å². The first kappa shape index (κ1) is 17.7. The molecule has 136 valence electrons. The van der Waals surface area contributed by atoms with E-state index in [0.717, 1.165) is 25.1 Å². The van der Waals surface area contributed by atoms with Crippen molar-refractivity contribution in [2.45, 2.75) is 83.3 Å². The highest BCUT2D eigenvalue weighted by Gasteiger charge is 2.39. The number of nitrogens with zero attached hydrogens (tertiary/aromatic N) is 2. The summed E-state index contributed by atoms with van der Waals surface area (Å²) in [5.41, 5.74) is 0.945. The van der Waals surface area contributed by atoms with Crippen LogP contribution >= 0.6 is 0 Å². The molecule has 1 N–H and O–H groups in total. The summed E-state index contributed by atoms with van der Waals surface area (Å²) in [7, 11) is 0. The van der Waals surface area contributed by atoms with Gasteiger partial charge in [0.1, 0.15) is 0 Å². The Morgan fingerprint density at radius 3 is 2.50 bits per heavy atom. The maximum Gasteiger partial charge on any atom is 0.264 e. The molecule has 1 atom stereocenters. The summed E-state index contributed by atoms with van der Waals surface area (Å²) < 4.78 is 0. The van der Waals surface area contributed by atoms with Crippen LogP contribution < -0.4 is 5.32 Å². The largest absolute Gasteiger partial charge is 0.382 e. The lowest BCUT2D eigenvalue weighted by Crippen LogP contribution is -2.59. The van der Waals surface area contributed by atoms with Gasteiger partial charge in [-0.05, 0) is 44.7 Å². The molecule has 0 spiro atoms. The number of amides is 1. The molecule has 1 saturated carbocycles. The number of carbonyl (C=O) groups excluding carboxylic acids is 1. The van der Waals surface area contributed by atoms with Crippen LogP contribution in [-0.2, 0) is 9.63 Å². The van der Waals surface area contributed by atoms with Crippen molar-refractivity contribution in [2.24, 2.45) is 11.1 Å². The predicted molar refractivity (Wildman–Crippen MR) is 96.0 cm³/mol. The number of carbonyl (C=O) groups is 1. The summed E-state index contributed by atoms with van der Waals surface area (Å²) in [5.74, 6) is 0.383. The van der Waals surface area contributed by atoms with Gasteiger partial charge in [-0.25, -0.2) is 0 Å². The molecule has 0 aromatic carbocycles. The van der Waals surface area contributed by atoms with Gasteiger partial charge in [-0.1, -0.05) is 44.7 Å². The van der Waals surface area contributed by atoms with Crippen LogP contribution in [0.1, 0.15) is 71.6 Å². The molecule has 5 heteroatoms. The number of likely N-dealkylation sites (tertiary alicyclic amines) is 1. The molecule has 0 bridgehead atoms. The summed E-state index contributed by atoms with van der Waals surface area (Å²) in [6.45, 7) is 7.56. The number of rotatable bonds is 5. The third-order valence-corrected chi connectivity index (χ3v) is 5.82. The minimum atomic E-state index is -0.428. The smallest absolute Gasteiger partial charge is 0.264 e. The maximum atomic E-state index is 12.8. The molecule has 0 aromatic rings. The van der Waals surface area contributed by atoms with Crippen molar-refractivity contribution >= 4 is 11.6 Å². The molecule has 2 fully saturated rings. The molecular weight excluding hydrogens is 302 g/mol. The van der Waals surface area contributed by atoms with Gasteiger partial charge in [0.2, 0.25) is 6.10 Å². The van der Waals surface area contributed by atoms with Gasteiger partial charge in [0.25, 0.3) is 5.91 Å². The summed E-state index contributed by atoms with van der Waals surface area (Å²) in [6, 6.07) is 0. The third kappa shape index (κ3) is 4.29. The fourth-order valence-corrected chi connectivity index (χ4v) is 4.32. The second-order valence-corrected chi connectivity index (χ2v) is 8.20. The summed E-state index contributed by atoms with van der Waals surface area (Å²) in [4.78, 5) is 20.8. The lowest BCUT2D eigenvalue weighted by molar-refractivity contribution is -0.134. The van der Waals surface area contributed by atoms with E-state index in [1.165, 1.54) is 51.6 Å². The Bertz CT molecular complexity index is 463. The minimum Gasteiger partial charge on any atom is -0.382 e. The molecule has 5 nitrogen and oxygen atoms in total. The average molecular weight is 335 g/mol. The number of piperidine rings is 1. The van der Waals surface area contributed by atoms with Crippen LogP contribution in [0.5, 0.6) is 0 Å². The van der Waals surface area contributed by atoms with Crippen molar-refractivity contribution in [3.05, 3.63) is 0 Å². The molecule has 1 unspecified atom stereocenters. The van der Waals surface area contributed by atoms with Gasteiger partial charge < -0.3 is 15.1 Å². The number of hydrogen-bond acceptors (Lipinski definition) is 4. The van der Waals surface area contributed by atoms with Gasteiger partial charge >= 0.3 is 0 Å². The zero-order valence-electron chi connectivity index (χ0n) is 15.4. The van der Waals surface area contributed by atoms with E-state index in [0.29, 0.717) is 12.3 Å². The second kappa shape index (κ2) is 7.85. The molecule has 1 aliphatic carbocycles. The lowest BCUT2D eigenvalue weighted by atomic mass is 9.80. The summed E-state index contributed by atoms with van der Waals surface area (Å²) in [6.07, 6.45) is 10.1. The number of oxime groups is 1. The third-order valence-electron chi connectivity index (χ3n) is 5.82. The highest BCUT2D eigenvalue weighted by molar-refractivity contribution is 5.94. The Morgan fingerprint density at radius 1 is 1.21 bits per heavy atom. The van der Waals surface area contributed by atoms with Crippen LogP contribution in [0.3, 0.4) is 0 Å².